The number of anilines is 1. The molecule has 7 nitrogen and oxygen atoms in total. The molecule has 2 heterocycles. The quantitative estimate of drug-likeness (QED) is 0.735. The van der Waals surface area contributed by atoms with E-state index in [1.54, 1.807) is 0 Å². The summed E-state index contributed by atoms with van der Waals surface area (Å²) in [5, 5.41) is 6.00. The Morgan fingerprint density at radius 3 is 2.79 bits per heavy atom. The summed E-state index contributed by atoms with van der Waals surface area (Å²) < 4.78 is 41.9. The van der Waals surface area contributed by atoms with E-state index in [1.807, 2.05) is 6.92 Å². The maximum atomic E-state index is 13.2. The predicted molar refractivity (Wildman–Crippen MR) is 87.4 cm³/mol. The first-order valence-corrected chi connectivity index (χ1v) is 8.75. The maximum absolute atomic E-state index is 13.2. The molecule has 0 aliphatic heterocycles. The van der Waals surface area contributed by atoms with Gasteiger partial charge in [-0.15, -0.1) is 0 Å². The lowest BCUT2D eigenvalue weighted by Gasteiger charge is -2.07. The SMILES string of the molecule is CCc1n[nH]c(=O)c2cc(S(=O)(=O)Nc3ccc(F)c(Cl)c3)cn12. The first-order chi connectivity index (χ1) is 11.3. The van der Waals surface area contributed by atoms with Gasteiger partial charge in [0.15, 0.2) is 0 Å². The zero-order valence-electron chi connectivity index (χ0n) is 12.4. The van der Waals surface area contributed by atoms with E-state index < -0.39 is 21.4 Å². The Morgan fingerprint density at radius 2 is 2.12 bits per heavy atom. The Balaban J connectivity index is 2.06. The average molecular weight is 371 g/mol. The van der Waals surface area contributed by atoms with Crippen LogP contribution in [0, 0.1) is 5.82 Å². The molecule has 0 atom stereocenters. The zero-order valence-corrected chi connectivity index (χ0v) is 13.9. The van der Waals surface area contributed by atoms with Crippen molar-refractivity contribution in [2.75, 3.05) is 4.72 Å². The van der Waals surface area contributed by atoms with Gasteiger partial charge in [0.05, 0.1) is 10.7 Å². The van der Waals surface area contributed by atoms with E-state index in [0.717, 1.165) is 12.1 Å². The minimum Gasteiger partial charge on any atom is -0.297 e. The molecule has 10 heteroatoms. The number of aromatic nitrogens is 3. The van der Waals surface area contributed by atoms with Crippen molar-refractivity contribution in [1.29, 1.82) is 0 Å². The minimum atomic E-state index is -3.98. The topological polar surface area (TPSA) is 96.3 Å². The molecule has 0 spiro atoms. The highest BCUT2D eigenvalue weighted by molar-refractivity contribution is 7.92. The van der Waals surface area contributed by atoms with Gasteiger partial charge < -0.3 is 0 Å². The van der Waals surface area contributed by atoms with Gasteiger partial charge in [-0.05, 0) is 24.3 Å². The van der Waals surface area contributed by atoms with Crippen LogP contribution in [0.15, 0.2) is 40.2 Å². The van der Waals surface area contributed by atoms with Crippen LogP contribution in [0.1, 0.15) is 12.7 Å². The third-order valence-corrected chi connectivity index (χ3v) is 5.03. The van der Waals surface area contributed by atoms with E-state index in [4.69, 9.17) is 11.6 Å². The second-order valence-corrected chi connectivity index (χ2v) is 7.08. The van der Waals surface area contributed by atoms with Crippen LogP contribution in [-0.2, 0) is 16.4 Å². The van der Waals surface area contributed by atoms with Crippen molar-refractivity contribution in [1.82, 2.24) is 14.6 Å². The van der Waals surface area contributed by atoms with Crippen molar-refractivity contribution < 1.29 is 12.8 Å². The molecule has 2 aromatic heterocycles. The summed E-state index contributed by atoms with van der Waals surface area (Å²) in [4.78, 5) is 11.7. The number of fused-ring (bicyclic) bond motifs is 1. The highest BCUT2D eigenvalue weighted by atomic mass is 35.5. The van der Waals surface area contributed by atoms with Crippen LogP contribution in [0.25, 0.3) is 5.52 Å². The van der Waals surface area contributed by atoms with Gasteiger partial charge in [-0.2, -0.15) is 5.10 Å². The number of nitrogens with zero attached hydrogens (tertiary/aromatic N) is 2. The smallest absolute Gasteiger partial charge is 0.288 e. The highest BCUT2D eigenvalue weighted by Crippen LogP contribution is 2.23. The van der Waals surface area contributed by atoms with Crippen LogP contribution in [0.4, 0.5) is 10.1 Å². The number of halogens is 2. The third kappa shape index (κ3) is 2.87. The molecule has 2 N–H and O–H groups in total. The number of sulfonamides is 1. The lowest BCUT2D eigenvalue weighted by atomic mass is 10.3. The van der Waals surface area contributed by atoms with E-state index >= 15 is 0 Å². The number of benzene rings is 1. The van der Waals surface area contributed by atoms with Gasteiger partial charge in [0, 0.05) is 12.6 Å². The van der Waals surface area contributed by atoms with Gasteiger partial charge in [-0.3, -0.25) is 13.9 Å². The number of hydrogen-bond donors (Lipinski definition) is 2. The summed E-state index contributed by atoms with van der Waals surface area (Å²) in [5.41, 5.74) is -0.225. The van der Waals surface area contributed by atoms with Gasteiger partial charge in [0.1, 0.15) is 22.1 Å². The summed E-state index contributed by atoms with van der Waals surface area (Å²) in [6, 6.07) is 4.71. The van der Waals surface area contributed by atoms with Gasteiger partial charge >= 0.3 is 0 Å². The molecule has 0 saturated heterocycles. The van der Waals surface area contributed by atoms with Crippen molar-refractivity contribution in [3.8, 4) is 0 Å². The second-order valence-electron chi connectivity index (χ2n) is 4.99. The zero-order chi connectivity index (χ0) is 17.5. The number of rotatable bonds is 4. The molecule has 0 aliphatic carbocycles. The van der Waals surface area contributed by atoms with Crippen molar-refractivity contribution >= 4 is 32.8 Å². The van der Waals surface area contributed by atoms with Crippen molar-refractivity contribution in [2.45, 2.75) is 18.2 Å². The summed E-state index contributed by atoms with van der Waals surface area (Å²) in [6.07, 6.45) is 1.81. The predicted octanol–water partition coefficient (Wildman–Crippen LogP) is 2.18. The van der Waals surface area contributed by atoms with Crippen LogP contribution in [0.5, 0.6) is 0 Å². The molecular weight excluding hydrogens is 359 g/mol. The Morgan fingerprint density at radius 1 is 1.38 bits per heavy atom. The van der Waals surface area contributed by atoms with E-state index in [9.17, 15) is 17.6 Å². The number of hydrogen-bond acceptors (Lipinski definition) is 4. The third-order valence-electron chi connectivity index (χ3n) is 3.39. The lowest BCUT2D eigenvalue weighted by molar-refractivity contribution is 0.601. The van der Waals surface area contributed by atoms with Crippen LogP contribution in [0.2, 0.25) is 5.02 Å². The van der Waals surface area contributed by atoms with Crippen LogP contribution in [0.3, 0.4) is 0 Å². The lowest BCUT2D eigenvalue weighted by Crippen LogP contribution is -2.14. The fraction of sp³-hybridized carbons (Fsp3) is 0.143. The molecule has 0 bridgehead atoms. The highest BCUT2D eigenvalue weighted by Gasteiger charge is 2.19. The molecule has 0 aliphatic rings. The van der Waals surface area contributed by atoms with E-state index in [1.165, 1.54) is 22.7 Å². The molecule has 3 aromatic rings. The fourth-order valence-electron chi connectivity index (χ4n) is 2.22. The minimum absolute atomic E-state index is 0.111. The van der Waals surface area contributed by atoms with E-state index in [0.29, 0.717) is 12.2 Å². The van der Waals surface area contributed by atoms with Crippen molar-refractivity contribution in [3.05, 3.63) is 57.5 Å². The second kappa shape index (κ2) is 5.91. The molecule has 24 heavy (non-hydrogen) atoms. The monoisotopic (exact) mass is 370 g/mol. The first-order valence-electron chi connectivity index (χ1n) is 6.89. The summed E-state index contributed by atoms with van der Waals surface area (Å²) in [5.74, 6) is -0.143. The van der Waals surface area contributed by atoms with Gasteiger partial charge in [0.25, 0.3) is 15.6 Å². The van der Waals surface area contributed by atoms with Crippen molar-refractivity contribution in [3.63, 3.8) is 0 Å². The maximum Gasteiger partial charge on any atom is 0.288 e. The van der Waals surface area contributed by atoms with Gasteiger partial charge in [-0.25, -0.2) is 17.9 Å². The molecule has 126 valence electrons. The number of aryl methyl sites for hydroxylation is 1. The van der Waals surface area contributed by atoms with Crippen LogP contribution in [-0.4, -0.2) is 23.0 Å². The van der Waals surface area contributed by atoms with E-state index in [2.05, 4.69) is 14.9 Å². The Labute approximate surface area is 141 Å². The molecule has 0 unspecified atom stereocenters. The van der Waals surface area contributed by atoms with Crippen molar-refractivity contribution in [2.24, 2.45) is 0 Å². The molecular formula is C14H12ClFN4O3S. The Hall–Kier alpha value is -2.39. The summed E-state index contributed by atoms with van der Waals surface area (Å²) >= 11 is 5.65. The normalized spacial score (nSPS) is 11.8. The molecule has 0 amide bonds. The molecule has 3 rings (SSSR count). The van der Waals surface area contributed by atoms with Gasteiger partial charge in [0.2, 0.25) is 0 Å². The van der Waals surface area contributed by atoms with E-state index in [-0.39, 0.29) is 21.1 Å². The standard InChI is InChI=1S/C14H12ClFN4O3S/c1-2-13-17-18-14(21)12-6-9(7-20(12)13)24(22,23)19-8-3-4-11(16)10(15)5-8/h3-7,19H,2H2,1H3,(H,18,21). The largest absolute Gasteiger partial charge is 0.297 e. The van der Waals surface area contributed by atoms with Gasteiger partial charge in [-0.1, -0.05) is 18.5 Å². The molecule has 1 aromatic carbocycles. The van der Waals surface area contributed by atoms with Crippen LogP contribution >= 0.6 is 11.6 Å². The number of nitrogens with one attached hydrogen (secondary N) is 2. The summed E-state index contributed by atoms with van der Waals surface area (Å²) in [7, 11) is -3.98. The van der Waals surface area contributed by atoms with Crippen LogP contribution < -0.4 is 10.3 Å². The fourth-order valence-corrected chi connectivity index (χ4v) is 3.47. The Bertz CT molecular complexity index is 1090. The molecule has 0 saturated carbocycles. The molecule has 0 radical (unpaired) electrons. The summed E-state index contributed by atoms with van der Waals surface area (Å²) in [6.45, 7) is 1.83. The number of H-pyrrole nitrogens is 1. The Kier molecular flexibility index (Phi) is 4.06. The first kappa shape index (κ1) is 16.5. The number of aromatic amines is 1. The average Bonchev–Trinajstić information content (AvgIpc) is 2.98. The molecule has 0 fully saturated rings.